The summed E-state index contributed by atoms with van der Waals surface area (Å²) in [4.78, 5) is 42.5. The molecule has 0 saturated carbocycles. The summed E-state index contributed by atoms with van der Waals surface area (Å²) in [5.74, 6) is -3.13. The Kier molecular flexibility index (Phi) is 5.12. The fourth-order valence-electron chi connectivity index (χ4n) is 6.20. The number of ether oxygens (including phenoxy) is 1. The molecule has 1 aliphatic heterocycles. The van der Waals surface area contributed by atoms with Crippen LogP contribution in [0, 0.1) is 11.8 Å². The summed E-state index contributed by atoms with van der Waals surface area (Å²) in [6.07, 6.45) is 1.35. The third kappa shape index (κ3) is 2.91. The lowest BCUT2D eigenvalue weighted by Gasteiger charge is -2.55. The Labute approximate surface area is 238 Å². The highest BCUT2D eigenvalue weighted by Crippen LogP contribution is 2.71. The fraction of sp³-hybridized carbons (Fsp3) is 0.138. The summed E-state index contributed by atoms with van der Waals surface area (Å²) in [7, 11) is 0. The van der Waals surface area contributed by atoms with Gasteiger partial charge in [0.05, 0.1) is 32.4 Å². The molecule has 1 aromatic heterocycles. The van der Waals surface area contributed by atoms with Crippen molar-refractivity contribution in [3.8, 4) is 5.75 Å². The summed E-state index contributed by atoms with van der Waals surface area (Å²) >= 11 is 14.3. The van der Waals surface area contributed by atoms with Gasteiger partial charge in [-0.05, 0) is 52.6 Å². The maximum Gasteiger partial charge on any atom is 0.379 e. The monoisotopic (exact) mass is 651 g/mol. The number of hydrogen-bond acceptors (Lipinski definition) is 5. The number of benzene rings is 3. The Balaban J connectivity index is 1.41. The van der Waals surface area contributed by atoms with E-state index >= 15 is 0 Å². The molecule has 38 heavy (non-hydrogen) atoms. The number of amides is 2. The molecule has 3 aliphatic carbocycles. The summed E-state index contributed by atoms with van der Waals surface area (Å²) in [5.41, 5.74) is 3.80. The molecule has 1 fully saturated rings. The van der Waals surface area contributed by atoms with Gasteiger partial charge in [0.2, 0.25) is 17.6 Å². The van der Waals surface area contributed by atoms with Crippen LogP contribution < -0.4 is 9.64 Å². The second kappa shape index (κ2) is 8.15. The average Bonchev–Trinajstić information content (AvgIpc) is 3.55. The second-order valence-corrected chi connectivity index (χ2v) is 12.4. The molecule has 4 aromatic rings. The smallest absolute Gasteiger partial charge is 0.379 e. The van der Waals surface area contributed by atoms with Crippen LogP contribution in [0.15, 0.2) is 89.5 Å². The maximum atomic E-state index is 14.3. The number of rotatable bonds is 3. The molecule has 0 unspecified atom stereocenters. The number of alkyl halides is 2. The van der Waals surface area contributed by atoms with Crippen molar-refractivity contribution in [2.45, 2.75) is 8.65 Å². The first-order valence-corrected chi connectivity index (χ1v) is 13.7. The van der Waals surface area contributed by atoms with Gasteiger partial charge in [-0.2, -0.15) is 0 Å². The first kappa shape index (κ1) is 23.9. The number of imide groups is 1. The quantitative estimate of drug-likeness (QED) is 0.108. The molecule has 4 aliphatic rings. The highest BCUT2D eigenvalue weighted by molar-refractivity contribution is 9.10. The molecule has 6 nitrogen and oxygen atoms in total. The minimum Gasteiger partial charge on any atom is -0.457 e. The number of carbonyl (C=O) groups excluding carboxylic acids is 3. The lowest BCUT2D eigenvalue weighted by molar-refractivity contribution is -0.122. The van der Waals surface area contributed by atoms with Gasteiger partial charge in [0.15, 0.2) is 5.75 Å². The van der Waals surface area contributed by atoms with Gasteiger partial charge in [-0.15, -0.1) is 0 Å². The first-order valence-electron chi connectivity index (χ1n) is 11.8. The molecule has 9 heteroatoms. The van der Waals surface area contributed by atoms with E-state index in [-0.39, 0.29) is 22.2 Å². The Morgan fingerprint density at radius 3 is 1.82 bits per heavy atom. The van der Waals surface area contributed by atoms with Crippen LogP contribution in [-0.2, 0) is 18.2 Å². The SMILES string of the molecule is O=C(Oc1ccc(Cl)cc1N1C(=O)[C@H]2[C@H](C1=O)C1(Br)c3ccccc3C2(Br)c2ccccc21)c1ccco1. The van der Waals surface area contributed by atoms with Gasteiger partial charge >= 0.3 is 5.97 Å². The Morgan fingerprint density at radius 2 is 1.34 bits per heavy atom. The summed E-state index contributed by atoms with van der Waals surface area (Å²) < 4.78 is 8.86. The fourth-order valence-corrected chi connectivity index (χ4v) is 8.67. The normalized spacial score (nSPS) is 26.7. The van der Waals surface area contributed by atoms with Crippen molar-refractivity contribution in [3.63, 3.8) is 0 Å². The molecule has 2 heterocycles. The maximum absolute atomic E-state index is 14.3. The molecule has 1 saturated heterocycles. The van der Waals surface area contributed by atoms with Gasteiger partial charge in [-0.3, -0.25) is 9.59 Å². The highest BCUT2D eigenvalue weighted by Gasteiger charge is 2.72. The largest absolute Gasteiger partial charge is 0.457 e. The zero-order valence-corrected chi connectivity index (χ0v) is 23.3. The number of hydrogen-bond donors (Lipinski definition) is 0. The molecule has 0 radical (unpaired) electrons. The minimum atomic E-state index is -0.939. The van der Waals surface area contributed by atoms with Crippen molar-refractivity contribution in [1.29, 1.82) is 0 Å². The van der Waals surface area contributed by atoms with Crippen LogP contribution in [0.25, 0.3) is 0 Å². The third-order valence-electron chi connectivity index (χ3n) is 7.67. The van der Waals surface area contributed by atoms with Crippen molar-refractivity contribution in [3.05, 3.63) is 118 Å². The van der Waals surface area contributed by atoms with Crippen molar-refractivity contribution < 1.29 is 23.5 Å². The van der Waals surface area contributed by atoms with Crippen LogP contribution in [-0.4, -0.2) is 17.8 Å². The molecule has 188 valence electrons. The predicted octanol–water partition coefficient (Wildman–Crippen LogP) is 6.56. The Bertz CT molecular complexity index is 1560. The molecule has 0 N–H and O–H groups in total. The van der Waals surface area contributed by atoms with Crippen molar-refractivity contribution >= 4 is 66.9 Å². The van der Waals surface area contributed by atoms with Gasteiger partial charge in [-0.25, -0.2) is 9.69 Å². The van der Waals surface area contributed by atoms with Gasteiger partial charge in [0.25, 0.3) is 0 Å². The van der Waals surface area contributed by atoms with Crippen molar-refractivity contribution in [1.82, 2.24) is 0 Å². The van der Waals surface area contributed by atoms with E-state index in [2.05, 4.69) is 31.9 Å². The number of carbonyl (C=O) groups is 3. The number of esters is 1. The Morgan fingerprint density at radius 1 is 0.816 bits per heavy atom. The van der Waals surface area contributed by atoms with Gasteiger partial charge in [0, 0.05) is 5.02 Å². The lowest BCUT2D eigenvalue weighted by Crippen LogP contribution is -2.56. The average molecular weight is 654 g/mol. The van der Waals surface area contributed by atoms with E-state index in [1.54, 1.807) is 6.07 Å². The van der Waals surface area contributed by atoms with E-state index in [0.717, 1.165) is 27.2 Å². The predicted molar refractivity (Wildman–Crippen MR) is 147 cm³/mol. The van der Waals surface area contributed by atoms with Crippen LogP contribution in [0.5, 0.6) is 5.75 Å². The molecular formula is C29H16Br2ClNO5. The van der Waals surface area contributed by atoms with E-state index < -0.39 is 38.3 Å². The van der Waals surface area contributed by atoms with E-state index in [1.807, 2.05) is 48.5 Å². The van der Waals surface area contributed by atoms with Crippen LogP contribution in [0.4, 0.5) is 5.69 Å². The van der Waals surface area contributed by atoms with Gasteiger partial charge in [-0.1, -0.05) is 92.0 Å². The van der Waals surface area contributed by atoms with Crippen LogP contribution in [0.1, 0.15) is 32.8 Å². The van der Waals surface area contributed by atoms with E-state index in [1.165, 1.54) is 30.5 Å². The standard InChI is InChI=1S/C29H16Br2ClNO5/c30-28-16-6-1-2-7-17(16)29(31,19-9-4-3-8-18(19)28)24-23(28)25(34)33(26(24)35)20-14-15(32)11-12-21(20)38-27(36)22-10-5-13-37-22/h1-14,23-24H/t23-,24-,28?,29?/m1/s1. The summed E-state index contributed by atoms with van der Waals surface area (Å²) in [5, 5.41) is 0.282. The molecule has 2 amide bonds. The molecular weight excluding hydrogens is 638 g/mol. The molecule has 2 bridgehead atoms. The first-order chi connectivity index (χ1) is 18.3. The Hall–Kier alpha value is -3.20. The van der Waals surface area contributed by atoms with Gasteiger partial charge in [0.1, 0.15) is 0 Å². The van der Waals surface area contributed by atoms with E-state index in [0.29, 0.717) is 0 Å². The third-order valence-corrected chi connectivity index (χ3v) is 10.6. The van der Waals surface area contributed by atoms with Crippen molar-refractivity contribution in [2.24, 2.45) is 11.8 Å². The topological polar surface area (TPSA) is 76.8 Å². The van der Waals surface area contributed by atoms with E-state index in [9.17, 15) is 14.4 Å². The number of halogens is 3. The second-order valence-electron chi connectivity index (χ2n) is 9.46. The van der Waals surface area contributed by atoms with Crippen LogP contribution in [0.2, 0.25) is 5.02 Å². The van der Waals surface area contributed by atoms with Crippen LogP contribution >= 0.6 is 43.5 Å². The van der Waals surface area contributed by atoms with Crippen molar-refractivity contribution in [2.75, 3.05) is 4.90 Å². The number of nitrogens with zero attached hydrogens (tertiary/aromatic N) is 1. The lowest BCUT2D eigenvalue weighted by atomic mass is 9.54. The minimum absolute atomic E-state index is 0.0126. The number of anilines is 1. The zero-order chi connectivity index (χ0) is 26.4. The molecule has 3 aromatic carbocycles. The van der Waals surface area contributed by atoms with Gasteiger partial charge < -0.3 is 9.15 Å². The summed E-state index contributed by atoms with van der Waals surface area (Å²) in [6, 6.07) is 23.2. The molecule has 2 atom stereocenters. The highest BCUT2D eigenvalue weighted by atomic mass is 79.9. The zero-order valence-electron chi connectivity index (χ0n) is 19.4. The summed E-state index contributed by atoms with van der Waals surface area (Å²) in [6.45, 7) is 0. The molecule has 0 spiro atoms. The van der Waals surface area contributed by atoms with Crippen LogP contribution in [0.3, 0.4) is 0 Å². The molecule has 8 rings (SSSR count). The number of furan rings is 1. The van der Waals surface area contributed by atoms with E-state index in [4.69, 9.17) is 20.8 Å².